The van der Waals surface area contributed by atoms with Crippen molar-refractivity contribution in [2.75, 3.05) is 24.6 Å². The molecule has 0 spiro atoms. The van der Waals surface area contributed by atoms with Crippen molar-refractivity contribution in [1.29, 1.82) is 0 Å². The maximum atomic E-state index is 12.8. The molecular formula is C24H29F3N6O. The Morgan fingerprint density at radius 1 is 1.12 bits per heavy atom. The summed E-state index contributed by atoms with van der Waals surface area (Å²) in [5.41, 5.74) is 2.47. The summed E-state index contributed by atoms with van der Waals surface area (Å²) in [6, 6.07) is 5.37. The van der Waals surface area contributed by atoms with E-state index < -0.39 is 12.8 Å². The van der Waals surface area contributed by atoms with E-state index in [-0.39, 0.29) is 11.8 Å². The third-order valence-corrected chi connectivity index (χ3v) is 7.09. The van der Waals surface area contributed by atoms with Crippen LogP contribution in [-0.2, 0) is 6.42 Å². The van der Waals surface area contributed by atoms with Crippen LogP contribution in [0.15, 0.2) is 24.5 Å². The summed E-state index contributed by atoms with van der Waals surface area (Å²) < 4.78 is 44.8. The molecule has 3 aromatic rings. The van der Waals surface area contributed by atoms with Crippen LogP contribution in [0, 0.1) is 24.7 Å². The van der Waals surface area contributed by atoms with Gasteiger partial charge in [-0.1, -0.05) is 13.8 Å². The van der Waals surface area contributed by atoms with E-state index in [4.69, 9.17) is 9.72 Å². The van der Waals surface area contributed by atoms with Gasteiger partial charge >= 0.3 is 6.18 Å². The summed E-state index contributed by atoms with van der Waals surface area (Å²) in [4.78, 5) is 15.8. The second-order valence-electron chi connectivity index (χ2n) is 9.84. The molecule has 7 nitrogen and oxygen atoms in total. The fourth-order valence-electron chi connectivity index (χ4n) is 5.48. The summed E-state index contributed by atoms with van der Waals surface area (Å²) in [7, 11) is 0. The maximum Gasteiger partial charge on any atom is 0.422 e. The number of fused-ring (bicyclic) bond motifs is 3. The van der Waals surface area contributed by atoms with E-state index in [1.807, 2.05) is 26.8 Å². The minimum Gasteiger partial charge on any atom is -0.468 e. The molecule has 1 aliphatic heterocycles. The zero-order chi connectivity index (χ0) is 24.0. The van der Waals surface area contributed by atoms with Gasteiger partial charge in [-0.15, -0.1) is 5.10 Å². The van der Waals surface area contributed by atoms with Gasteiger partial charge in [-0.25, -0.2) is 15.0 Å². The number of piperidine rings is 1. The smallest absolute Gasteiger partial charge is 0.422 e. The fourth-order valence-corrected chi connectivity index (χ4v) is 5.48. The Morgan fingerprint density at radius 3 is 2.50 bits per heavy atom. The van der Waals surface area contributed by atoms with Crippen molar-refractivity contribution in [3.05, 3.63) is 41.6 Å². The fraction of sp³-hybridized carbons (Fsp3) is 0.583. The first-order valence-electron chi connectivity index (χ1n) is 11.8. The molecule has 3 aromatic heterocycles. The van der Waals surface area contributed by atoms with Gasteiger partial charge in [-0.3, -0.25) is 0 Å². The van der Waals surface area contributed by atoms with Gasteiger partial charge in [0, 0.05) is 37.3 Å². The van der Waals surface area contributed by atoms with Gasteiger partial charge in [0.15, 0.2) is 18.1 Å². The van der Waals surface area contributed by atoms with E-state index in [1.54, 1.807) is 18.5 Å². The number of nitrogens with zero attached hydrogens (tertiary/aromatic N) is 6. The molecule has 10 heteroatoms. The third-order valence-electron chi connectivity index (χ3n) is 7.09. The molecule has 2 aliphatic rings. The highest BCUT2D eigenvalue weighted by molar-refractivity contribution is 5.51. The molecule has 0 N–H and O–H groups in total. The Hall–Kier alpha value is -2.91. The normalized spacial score (nSPS) is 22.7. The SMILES string of the molecule is Cc1cc(N2C[C@H]3CC[C@@H](C2)C3Cc2nc3c(C(C)C)ccc(OCC(F)(F)F)n3n2)ncn1. The first kappa shape index (κ1) is 22.9. The van der Waals surface area contributed by atoms with Crippen molar-refractivity contribution in [2.24, 2.45) is 17.8 Å². The number of halogens is 3. The molecule has 0 aromatic carbocycles. The molecule has 2 fully saturated rings. The van der Waals surface area contributed by atoms with Crippen molar-refractivity contribution in [2.45, 2.75) is 52.1 Å². The van der Waals surface area contributed by atoms with Crippen LogP contribution < -0.4 is 9.64 Å². The first-order valence-corrected chi connectivity index (χ1v) is 11.8. The monoisotopic (exact) mass is 474 g/mol. The predicted octanol–water partition coefficient (Wildman–Crippen LogP) is 4.60. The largest absolute Gasteiger partial charge is 0.468 e. The highest BCUT2D eigenvalue weighted by Gasteiger charge is 2.43. The lowest BCUT2D eigenvalue weighted by atomic mass is 9.82. The van der Waals surface area contributed by atoms with Gasteiger partial charge in [-0.2, -0.15) is 17.7 Å². The van der Waals surface area contributed by atoms with Crippen LogP contribution in [-0.4, -0.2) is 50.4 Å². The van der Waals surface area contributed by atoms with Crippen LogP contribution in [0.2, 0.25) is 0 Å². The second-order valence-corrected chi connectivity index (χ2v) is 9.84. The number of anilines is 1. The van der Waals surface area contributed by atoms with Crippen LogP contribution in [0.4, 0.5) is 19.0 Å². The number of hydrogen-bond donors (Lipinski definition) is 0. The molecule has 1 aliphatic carbocycles. The quantitative estimate of drug-likeness (QED) is 0.520. The lowest BCUT2D eigenvalue weighted by Gasteiger charge is -2.38. The Bertz CT molecular complexity index is 1160. The minimum atomic E-state index is -4.41. The average Bonchev–Trinajstić information content (AvgIpc) is 3.28. The van der Waals surface area contributed by atoms with Gasteiger partial charge in [0.05, 0.1) is 0 Å². The summed E-state index contributed by atoms with van der Waals surface area (Å²) >= 11 is 0. The number of alkyl halides is 3. The van der Waals surface area contributed by atoms with Gasteiger partial charge < -0.3 is 9.64 Å². The van der Waals surface area contributed by atoms with Crippen molar-refractivity contribution in [3.63, 3.8) is 0 Å². The second kappa shape index (κ2) is 8.70. The molecule has 1 saturated heterocycles. The predicted molar refractivity (Wildman–Crippen MR) is 121 cm³/mol. The average molecular weight is 475 g/mol. The number of aromatic nitrogens is 5. The molecule has 1 unspecified atom stereocenters. The molecule has 182 valence electrons. The molecule has 3 atom stereocenters. The molecule has 34 heavy (non-hydrogen) atoms. The van der Waals surface area contributed by atoms with Crippen LogP contribution in [0.3, 0.4) is 0 Å². The number of aryl methyl sites for hydroxylation is 1. The molecular weight excluding hydrogens is 445 g/mol. The Balaban J connectivity index is 1.38. The number of ether oxygens (including phenoxy) is 1. The van der Waals surface area contributed by atoms with Crippen LogP contribution >= 0.6 is 0 Å². The van der Waals surface area contributed by atoms with E-state index in [1.165, 1.54) is 4.52 Å². The van der Waals surface area contributed by atoms with Gasteiger partial charge in [0.1, 0.15) is 12.1 Å². The van der Waals surface area contributed by atoms with E-state index in [2.05, 4.69) is 20.0 Å². The Kier molecular flexibility index (Phi) is 5.85. The Morgan fingerprint density at radius 2 is 1.85 bits per heavy atom. The number of pyridine rings is 1. The molecule has 4 heterocycles. The number of hydrogen-bond acceptors (Lipinski definition) is 6. The van der Waals surface area contributed by atoms with E-state index in [9.17, 15) is 13.2 Å². The minimum absolute atomic E-state index is 0.0624. The van der Waals surface area contributed by atoms with E-state index in [0.29, 0.717) is 35.6 Å². The molecule has 0 amide bonds. The van der Waals surface area contributed by atoms with Crippen molar-refractivity contribution < 1.29 is 17.9 Å². The lowest BCUT2D eigenvalue weighted by Crippen LogP contribution is -2.43. The van der Waals surface area contributed by atoms with Crippen molar-refractivity contribution in [3.8, 4) is 5.88 Å². The third kappa shape index (κ3) is 4.54. The first-order chi connectivity index (χ1) is 16.2. The highest BCUT2D eigenvalue weighted by atomic mass is 19.4. The lowest BCUT2D eigenvalue weighted by molar-refractivity contribution is -0.154. The molecule has 0 radical (unpaired) electrons. The van der Waals surface area contributed by atoms with E-state index in [0.717, 1.165) is 43.0 Å². The van der Waals surface area contributed by atoms with Gasteiger partial charge in [0.25, 0.3) is 0 Å². The van der Waals surface area contributed by atoms with Gasteiger partial charge in [-0.05, 0) is 55.1 Å². The highest BCUT2D eigenvalue weighted by Crippen LogP contribution is 2.44. The zero-order valence-corrected chi connectivity index (χ0v) is 19.6. The summed E-state index contributed by atoms with van der Waals surface area (Å²) in [6.07, 6.45) is 0.219. The summed E-state index contributed by atoms with van der Waals surface area (Å²) in [6.45, 7) is 6.54. The van der Waals surface area contributed by atoms with E-state index >= 15 is 0 Å². The maximum absolute atomic E-state index is 12.8. The zero-order valence-electron chi connectivity index (χ0n) is 19.6. The van der Waals surface area contributed by atoms with Crippen LogP contribution in [0.25, 0.3) is 5.65 Å². The van der Waals surface area contributed by atoms with Crippen molar-refractivity contribution in [1.82, 2.24) is 24.6 Å². The number of rotatable bonds is 6. The molecule has 5 rings (SSSR count). The standard InChI is InChI=1S/C24H29F3N6O/c1-14(2)18-6-7-22(34-12-24(25,26)27)33-23(18)30-20(31-33)9-19-16-4-5-17(19)11-32(10-16)21-8-15(3)28-13-29-21/h6-8,13-14,16-17,19H,4-5,9-12H2,1-3H3/t16-,17+,19?. The van der Waals surface area contributed by atoms with Gasteiger partial charge in [0.2, 0.25) is 5.88 Å². The van der Waals surface area contributed by atoms with Crippen LogP contribution in [0.5, 0.6) is 5.88 Å². The summed E-state index contributed by atoms with van der Waals surface area (Å²) in [5, 5.41) is 4.61. The van der Waals surface area contributed by atoms with Crippen LogP contribution in [0.1, 0.15) is 49.7 Å². The summed E-state index contributed by atoms with van der Waals surface area (Å²) in [5.74, 6) is 3.32. The molecule has 2 bridgehead atoms. The molecule has 1 saturated carbocycles. The topological polar surface area (TPSA) is 68.4 Å². The Labute approximate surface area is 196 Å². The van der Waals surface area contributed by atoms with Crippen molar-refractivity contribution >= 4 is 11.5 Å².